The van der Waals surface area contributed by atoms with E-state index in [0.29, 0.717) is 29.0 Å². The van der Waals surface area contributed by atoms with Gasteiger partial charge >= 0.3 is 0 Å². The number of methoxy groups -OCH3 is 2. The molecule has 1 heterocycles. The molecule has 0 spiro atoms. The molecule has 4 nitrogen and oxygen atoms in total. The predicted molar refractivity (Wildman–Crippen MR) is 75.0 cm³/mol. The van der Waals surface area contributed by atoms with Crippen molar-refractivity contribution in [1.29, 1.82) is 0 Å². The van der Waals surface area contributed by atoms with E-state index >= 15 is 0 Å². The van der Waals surface area contributed by atoms with Gasteiger partial charge in [0.15, 0.2) is 11.5 Å². The minimum absolute atomic E-state index is 0.0638. The summed E-state index contributed by atoms with van der Waals surface area (Å²) in [6.07, 6.45) is 2.04. The van der Waals surface area contributed by atoms with Crippen LogP contribution < -0.4 is 15.2 Å². The summed E-state index contributed by atoms with van der Waals surface area (Å²) in [6.45, 7) is 1.33. The van der Waals surface area contributed by atoms with Crippen molar-refractivity contribution in [3.05, 3.63) is 22.7 Å². The minimum Gasteiger partial charge on any atom is -0.493 e. The fourth-order valence-corrected chi connectivity index (χ4v) is 2.89. The van der Waals surface area contributed by atoms with Crippen LogP contribution in [0.4, 0.5) is 0 Å². The van der Waals surface area contributed by atoms with Crippen molar-refractivity contribution in [2.45, 2.75) is 18.9 Å². The fraction of sp³-hybridized carbons (Fsp3) is 0.571. The molecule has 1 aliphatic heterocycles. The number of halogens is 1. The molecule has 2 N–H and O–H groups in total. The van der Waals surface area contributed by atoms with E-state index in [-0.39, 0.29) is 6.10 Å². The van der Waals surface area contributed by atoms with E-state index in [1.807, 2.05) is 12.1 Å². The quantitative estimate of drug-likeness (QED) is 0.924. The zero-order valence-corrected chi connectivity index (χ0v) is 12.1. The van der Waals surface area contributed by atoms with E-state index < -0.39 is 0 Å². The van der Waals surface area contributed by atoms with Gasteiger partial charge in [-0.05, 0) is 25.5 Å². The lowest BCUT2D eigenvalue weighted by Crippen LogP contribution is -2.28. The minimum atomic E-state index is -0.0638. The smallest absolute Gasteiger partial charge is 0.179 e. The van der Waals surface area contributed by atoms with E-state index in [9.17, 15) is 0 Å². The Bertz CT molecular complexity index is 439. The third kappa shape index (κ3) is 2.81. The molecule has 1 fully saturated rings. The number of hydrogen-bond donors (Lipinski definition) is 1. The molecule has 1 aromatic carbocycles. The zero-order valence-electron chi connectivity index (χ0n) is 11.3. The van der Waals surface area contributed by atoms with Gasteiger partial charge in [0.1, 0.15) is 0 Å². The van der Waals surface area contributed by atoms with Crippen molar-refractivity contribution < 1.29 is 14.2 Å². The Hall–Kier alpha value is -0.970. The molecule has 0 aromatic heterocycles. The Balaban J connectivity index is 2.38. The maximum atomic E-state index is 6.42. The summed E-state index contributed by atoms with van der Waals surface area (Å²) in [5.41, 5.74) is 6.75. The predicted octanol–water partition coefficient (Wildman–Crippen LogP) is 2.78. The Morgan fingerprint density at radius 2 is 2.16 bits per heavy atom. The number of nitrogens with two attached hydrogens (primary N) is 1. The lowest BCUT2D eigenvalue weighted by molar-refractivity contribution is -0.0252. The highest BCUT2D eigenvalue weighted by Gasteiger charge is 2.29. The van der Waals surface area contributed by atoms with Gasteiger partial charge in [0.05, 0.1) is 25.3 Å². The van der Waals surface area contributed by atoms with Crippen LogP contribution in [0.1, 0.15) is 24.5 Å². The second-order valence-electron chi connectivity index (χ2n) is 4.63. The summed E-state index contributed by atoms with van der Waals surface area (Å²) in [4.78, 5) is 0. The molecule has 1 saturated heterocycles. The Morgan fingerprint density at radius 1 is 1.37 bits per heavy atom. The summed E-state index contributed by atoms with van der Waals surface area (Å²) in [5, 5.41) is 0.548. The average molecular weight is 286 g/mol. The number of hydrogen-bond acceptors (Lipinski definition) is 4. The highest BCUT2D eigenvalue weighted by atomic mass is 35.5. The lowest BCUT2D eigenvalue weighted by Gasteiger charge is -2.32. The van der Waals surface area contributed by atoms with Crippen LogP contribution in [-0.4, -0.2) is 27.4 Å². The van der Waals surface area contributed by atoms with Gasteiger partial charge in [0.25, 0.3) is 0 Å². The van der Waals surface area contributed by atoms with Crippen LogP contribution in [0.2, 0.25) is 5.02 Å². The van der Waals surface area contributed by atoms with Crippen LogP contribution in [-0.2, 0) is 4.74 Å². The van der Waals surface area contributed by atoms with Crippen molar-refractivity contribution in [2.75, 3.05) is 27.4 Å². The molecule has 0 radical (unpaired) electrons. The molecular formula is C14H20ClNO3. The molecule has 106 valence electrons. The van der Waals surface area contributed by atoms with Gasteiger partial charge in [-0.2, -0.15) is 0 Å². The van der Waals surface area contributed by atoms with E-state index in [1.165, 1.54) is 0 Å². The number of rotatable bonds is 4. The average Bonchev–Trinajstić information content (AvgIpc) is 2.46. The van der Waals surface area contributed by atoms with Crippen LogP contribution in [0.3, 0.4) is 0 Å². The third-order valence-electron chi connectivity index (χ3n) is 3.57. The molecule has 0 bridgehead atoms. The normalized spacial score (nSPS) is 23.2. The topological polar surface area (TPSA) is 53.7 Å². The lowest BCUT2D eigenvalue weighted by atomic mass is 9.89. The Kier molecular flexibility index (Phi) is 4.91. The van der Waals surface area contributed by atoms with Gasteiger partial charge in [-0.15, -0.1) is 0 Å². The first-order chi connectivity index (χ1) is 9.22. The molecule has 2 unspecified atom stereocenters. The van der Waals surface area contributed by atoms with Crippen LogP contribution in [0.25, 0.3) is 0 Å². The first kappa shape index (κ1) is 14.4. The van der Waals surface area contributed by atoms with E-state index in [4.69, 9.17) is 31.5 Å². The summed E-state index contributed by atoms with van der Waals surface area (Å²) >= 11 is 6.42. The van der Waals surface area contributed by atoms with E-state index in [2.05, 4.69) is 0 Å². The van der Waals surface area contributed by atoms with Gasteiger partial charge in [0, 0.05) is 18.1 Å². The largest absolute Gasteiger partial charge is 0.493 e. The van der Waals surface area contributed by atoms with Crippen LogP contribution in [0.5, 0.6) is 11.5 Å². The van der Waals surface area contributed by atoms with Crippen LogP contribution >= 0.6 is 11.6 Å². The number of ether oxygens (including phenoxy) is 3. The molecule has 19 heavy (non-hydrogen) atoms. The Morgan fingerprint density at radius 3 is 2.79 bits per heavy atom. The first-order valence-corrected chi connectivity index (χ1v) is 6.82. The summed E-state index contributed by atoms with van der Waals surface area (Å²) < 4.78 is 16.4. The maximum Gasteiger partial charge on any atom is 0.179 e. The van der Waals surface area contributed by atoms with Gasteiger partial charge in [0.2, 0.25) is 0 Å². The summed E-state index contributed by atoms with van der Waals surface area (Å²) in [6, 6.07) is 3.79. The molecule has 0 aliphatic carbocycles. The molecule has 2 rings (SSSR count). The van der Waals surface area contributed by atoms with Crippen molar-refractivity contribution in [2.24, 2.45) is 11.7 Å². The van der Waals surface area contributed by atoms with Crippen molar-refractivity contribution in [3.8, 4) is 11.5 Å². The highest BCUT2D eigenvalue weighted by Crippen LogP contribution is 2.43. The monoisotopic (exact) mass is 285 g/mol. The molecule has 5 heteroatoms. The van der Waals surface area contributed by atoms with E-state index in [0.717, 1.165) is 25.0 Å². The molecule has 1 aliphatic rings. The molecule has 2 atom stereocenters. The summed E-state index contributed by atoms with van der Waals surface area (Å²) in [7, 11) is 3.17. The molecule has 0 amide bonds. The van der Waals surface area contributed by atoms with Crippen LogP contribution in [0.15, 0.2) is 12.1 Å². The SMILES string of the molecule is COc1ccc(C2OCCCC2CN)c(Cl)c1OC. The first-order valence-electron chi connectivity index (χ1n) is 6.45. The summed E-state index contributed by atoms with van der Waals surface area (Å²) in [5.74, 6) is 1.47. The molecule has 1 aromatic rings. The van der Waals surface area contributed by atoms with Crippen molar-refractivity contribution >= 4 is 11.6 Å². The van der Waals surface area contributed by atoms with Gasteiger partial charge in [-0.25, -0.2) is 0 Å². The zero-order chi connectivity index (χ0) is 13.8. The molecule has 0 saturated carbocycles. The second kappa shape index (κ2) is 6.46. The van der Waals surface area contributed by atoms with E-state index in [1.54, 1.807) is 14.2 Å². The highest BCUT2D eigenvalue weighted by molar-refractivity contribution is 6.33. The molecular weight excluding hydrogens is 266 g/mol. The van der Waals surface area contributed by atoms with Crippen molar-refractivity contribution in [3.63, 3.8) is 0 Å². The second-order valence-corrected chi connectivity index (χ2v) is 5.01. The third-order valence-corrected chi connectivity index (χ3v) is 3.96. The van der Waals surface area contributed by atoms with Gasteiger partial charge < -0.3 is 19.9 Å². The number of benzene rings is 1. The van der Waals surface area contributed by atoms with Crippen molar-refractivity contribution in [1.82, 2.24) is 0 Å². The maximum absolute atomic E-state index is 6.42. The van der Waals surface area contributed by atoms with Crippen LogP contribution in [0, 0.1) is 5.92 Å². The Labute approximate surface area is 118 Å². The standard InChI is InChI=1S/C14H20ClNO3/c1-17-11-6-5-10(12(15)14(11)18-2)13-9(8-16)4-3-7-19-13/h5-6,9,13H,3-4,7-8,16H2,1-2H3. The fourth-order valence-electron chi connectivity index (χ4n) is 2.55. The van der Waals surface area contributed by atoms with Gasteiger partial charge in [-0.3, -0.25) is 0 Å². The van der Waals surface area contributed by atoms with Gasteiger partial charge in [-0.1, -0.05) is 17.7 Å².